The smallest absolute Gasteiger partial charge is 0.261 e. The van der Waals surface area contributed by atoms with Gasteiger partial charge in [-0.15, -0.1) is 0 Å². The molecule has 118 valence electrons. The Kier molecular flexibility index (Phi) is 6.59. The molecule has 1 aromatic rings. The molecule has 0 saturated heterocycles. The summed E-state index contributed by atoms with van der Waals surface area (Å²) in [7, 11) is 1.26. The highest BCUT2D eigenvalue weighted by molar-refractivity contribution is 8.13. The number of hydrogen-bond donors (Lipinski definition) is 1. The Morgan fingerprint density at radius 3 is 2.29 bits per heavy atom. The lowest BCUT2D eigenvalue weighted by molar-refractivity contribution is -0.123. The zero-order chi connectivity index (χ0) is 16.2. The van der Waals surface area contributed by atoms with Gasteiger partial charge in [0, 0.05) is 16.7 Å². The van der Waals surface area contributed by atoms with Gasteiger partial charge in [0.1, 0.15) is 0 Å². The highest BCUT2D eigenvalue weighted by Gasteiger charge is 2.18. The van der Waals surface area contributed by atoms with E-state index in [-0.39, 0.29) is 39.2 Å². The van der Waals surface area contributed by atoms with Crippen LogP contribution in [0.15, 0.2) is 17.0 Å². The second kappa shape index (κ2) is 7.54. The van der Waals surface area contributed by atoms with Gasteiger partial charge in [-0.1, -0.05) is 30.1 Å². The molecular formula is C12H14Cl3NO4S. The molecule has 1 aromatic carbocycles. The summed E-state index contributed by atoms with van der Waals surface area (Å²) in [5.74, 6) is -0.299. The Hall–Kier alpha value is -0.690. The first-order chi connectivity index (χ1) is 9.65. The second-order valence-electron chi connectivity index (χ2n) is 4.32. The molecule has 0 fully saturated rings. The van der Waals surface area contributed by atoms with Gasteiger partial charge in [-0.25, -0.2) is 8.42 Å². The SMILES string of the molecule is CCC(C)NC(=O)COc1c(Cl)cc(S(=O)(=O)Cl)cc1Cl. The maximum atomic E-state index is 11.6. The van der Waals surface area contributed by atoms with Gasteiger partial charge in [0.2, 0.25) is 0 Å². The first-order valence-corrected chi connectivity index (χ1v) is 9.07. The van der Waals surface area contributed by atoms with Gasteiger partial charge >= 0.3 is 0 Å². The highest BCUT2D eigenvalue weighted by Crippen LogP contribution is 2.36. The molecule has 0 saturated carbocycles. The topological polar surface area (TPSA) is 72.5 Å². The molecule has 1 unspecified atom stereocenters. The number of halogens is 3. The van der Waals surface area contributed by atoms with E-state index in [2.05, 4.69) is 5.32 Å². The minimum Gasteiger partial charge on any atom is -0.481 e. The minimum atomic E-state index is -3.95. The molecule has 0 spiro atoms. The summed E-state index contributed by atoms with van der Waals surface area (Å²) in [5, 5.41) is 2.62. The van der Waals surface area contributed by atoms with Crippen LogP contribution < -0.4 is 10.1 Å². The lowest BCUT2D eigenvalue weighted by Crippen LogP contribution is -2.35. The molecule has 0 radical (unpaired) electrons. The predicted molar refractivity (Wildman–Crippen MR) is 82.9 cm³/mol. The molecule has 0 aliphatic heterocycles. The van der Waals surface area contributed by atoms with E-state index in [0.717, 1.165) is 18.6 Å². The van der Waals surface area contributed by atoms with Crippen molar-refractivity contribution < 1.29 is 17.9 Å². The monoisotopic (exact) mass is 373 g/mol. The van der Waals surface area contributed by atoms with Crippen molar-refractivity contribution in [1.82, 2.24) is 5.32 Å². The van der Waals surface area contributed by atoms with Gasteiger partial charge in [-0.05, 0) is 25.5 Å². The van der Waals surface area contributed by atoms with E-state index in [1.54, 1.807) is 0 Å². The summed E-state index contributed by atoms with van der Waals surface area (Å²) >= 11 is 11.8. The zero-order valence-corrected chi connectivity index (χ0v) is 14.4. The normalized spacial score (nSPS) is 12.8. The van der Waals surface area contributed by atoms with E-state index in [9.17, 15) is 13.2 Å². The third kappa shape index (κ3) is 5.54. The maximum Gasteiger partial charge on any atom is 0.261 e. The van der Waals surface area contributed by atoms with E-state index in [0.29, 0.717) is 0 Å². The van der Waals surface area contributed by atoms with Crippen molar-refractivity contribution in [3.63, 3.8) is 0 Å². The van der Waals surface area contributed by atoms with Crippen molar-refractivity contribution in [3.05, 3.63) is 22.2 Å². The van der Waals surface area contributed by atoms with Gasteiger partial charge in [0.25, 0.3) is 15.0 Å². The number of rotatable bonds is 6. The van der Waals surface area contributed by atoms with Gasteiger partial charge in [-0.3, -0.25) is 4.79 Å². The minimum absolute atomic E-state index is 0.0239. The number of hydrogen-bond acceptors (Lipinski definition) is 4. The standard InChI is InChI=1S/C12H14Cl3NO4S/c1-3-7(2)16-11(17)6-20-12-9(13)4-8(5-10(12)14)21(15,18)19/h4-5,7H,3,6H2,1-2H3,(H,16,17). The summed E-state index contributed by atoms with van der Waals surface area (Å²) < 4.78 is 27.7. The number of carbonyl (C=O) groups is 1. The van der Waals surface area contributed by atoms with Crippen LogP contribution in [-0.4, -0.2) is 27.0 Å². The van der Waals surface area contributed by atoms with Crippen LogP contribution in [0.25, 0.3) is 0 Å². The summed E-state index contributed by atoms with van der Waals surface area (Å²) in [4.78, 5) is 11.4. The molecule has 1 amide bonds. The molecule has 1 N–H and O–H groups in total. The van der Waals surface area contributed by atoms with Gasteiger partial charge in [0.05, 0.1) is 14.9 Å². The number of ether oxygens (including phenoxy) is 1. The summed E-state index contributed by atoms with van der Waals surface area (Å²) in [6.07, 6.45) is 0.787. The molecule has 0 heterocycles. The number of nitrogens with one attached hydrogen (secondary N) is 1. The van der Waals surface area contributed by atoms with Crippen LogP contribution in [0.2, 0.25) is 10.0 Å². The van der Waals surface area contributed by atoms with E-state index in [4.69, 9.17) is 38.6 Å². The zero-order valence-electron chi connectivity index (χ0n) is 11.3. The number of amides is 1. The molecule has 0 aliphatic rings. The highest BCUT2D eigenvalue weighted by atomic mass is 35.7. The summed E-state index contributed by atoms with van der Waals surface area (Å²) in [6, 6.07) is 2.24. The molecule has 0 aliphatic carbocycles. The Labute approximate surface area is 137 Å². The largest absolute Gasteiger partial charge is 0.481 e. The molecule has 1 rings (SSSR count). The third-order valence-electron chi connectivity index (χ3n) is 2.62. The van der Waals surface area contributed by atoms with Crippen LogP contribution in [0.4, 0.5) is 0 Å². The first kappa shape index (κ1) is 18.4. The van der Waals surface area contributed by atoms with E-state index in [1.807, 2.05) is 13.8 Å². The van der Waals surface area contributed by atoms with Crippen LogP contribution in [0, 0.1) is 0 Å². The van der Waals surface area contributed by atoms with E-state index in [1.165, 1.54) is 0 Å². The quantitative estimate of drug-likeness (QED) is 0.776. The van der Waals surface area contributed by atoms with Crippen LogP contribution in [0.1, 0.15) is 20.3 Å². The Morgan fingerprint density at radius 1 is 1.33 bits per heavy atom. The lowest BCUT2D eigenvalue weighted by atomic mass is 10.2. The first-order valence-electron chi connectivity index (χ1n) is 6.01. The van der Waals surface area contributed by atoms with Crippen molar-refractivity contribution in [3.8, 4) is 5.75 Å². The van der Waals surface area contributed by atoms with Gasteiger partial charge in [-0.2, -0.15) is 0 Å². The molecule has 9 heteroatoms. The molecule has 0 bridgehead atoms. The average Bonchev–Trinajstić information content (AvgIpc) is 2.36. The number of carbonyl (C=O) groups excluding carboxylic acids is 1. The summed E-state index contributed by atoms with van der Waals surface area (Å²) in [5.41, 5.74) is 0. The molecule has 1 atom stereocenters. The van der Waals surface area contributed by atoms with Gasteiger partial charge in [0.15, 0.2) is 12.4 Å². The van der Waals surface area contributed by atoms with Crippen LogP contribution in [0.3, 0.4) is 0 Å². The predicted octanol–water partition coefficient (Wildman–Crippen LogP) is 3.21. The fourth-order valence-corrected chi connectivity index (χ4v) is 2.88. The molecule has 21 heavy (non-hydrogen) atoms. The fourth-order valence-electron chi connectivity index (χ4n) is 1.37. The third-order valence-corrected chi connectivity index (χ3v) is 4.52. The maximum absolute atomic E-state index is 11.6. The molecule has 5 nitrogen and oxygen atoms in total. The summed E-state index contributed by atoms with van der Waals surface area (Å²) in [6.45, 7) is 3.51. The molecule has 0 aromatic heterocycles. The van der Waals surface area contributed by atoms with Crippen molar-refractivity contribution in [2.75, 3.05) is 6.61 Å². The van der Waals surface area contributed by atoms with Crippen LogP contribution >= 0.6 is 33.9 Å². The Balaban J connectivity index is 2.84. The molecular weight excluding hydrogens is 361 g/mol. The Bertz CT molecular complexity index is 610. The van der Waals surface area contributed by atoms with E-state index < -0.39 is 9.05 Å². The van der Waals surface area contributed by atoms with Crippen LogP contribution in [0.5, 0.6) is 5.75 Å². The fraction of sp³-hybridized carbons (Fsp3) is 0.417. The second-order valence-corrected chi connectivity index (χ2v) is 7.70. The average molecular weight is 375 g/mol. The van der Waals surface area contributed by atoms with E-state index >= 15 is 0 Å². The number of benzene rings is 1. The van der Waals surface area contributed by atoms with Gasteiger partial charge < -0.3 is 10.1 Å². The van der Waals surface area contributed by atoms with Crippen molar-refractivity contribution >= 4 is 48.8 Å². The van der Waals surface area contributed by atoms with Crippen LogP contribution in [-0.2, 0) is 13.8 Å². The van der Waals surface area contributed by atoms with Crippen molar-refractivity contribution in [2.45, 2.75) is 31.2 Å². The lowest BCUT2D eigenvalue weighted by Gasteiger charge is -2.13. The van der Waals surface area contributed by atoms with Crippen molar-refractivity contribution in [2.24, 2.45) is 0 Å². The Morgan fingerprint density at radius 2 is 1.86 bits per heavy atom. The van der Waals surface area contributed by atoms with Crippen molar-refractivity contribution in [1.29, 1.82) is 0 Å².